The van der Waals surface area contributed by atoms with E-state index >= 15 is 0 Å². The minimum atomic E-state index is 0.861. The zero-order valence-electron chi connectivity index (χ0n) is 4.85. The highest BCUT2D eigenvalue weighted by atomic mass is 14.6. The van der Waals surface area contributed by atoms with Gasteiger partial charge in [-0.1, -0.05) is 13.3 Å². The molecular formula is C6H13N. The molecule has 0 aromatic rings. The van der Waals surface area contributed by atoms with Crippen molar-refractivity contribution < 1.29 is 0 Å². The molecule has 42 valence electrons. The first-order valence-electron chi connectivity index (χ1n) is 3.04. The summed E-state index contributed by atoms with van der Waals surface area (Å²) in [7, 11) is 0. The molecule has 7 heavy (non-hydrogen) atoms. The Kier molecular flexibility index (Phi) is 1.33. The van der Waals surface area contributed by atoms with Gasteiger partial charge in [0.1, 0.15) is 0 Å². The lowest BCUT2D eigenvalue weighted by molar-refractivity contribution is 0.205. The van der Waals surface area contributed by atoms with E-state index in [9.17, 15) is 0 Å². The molecule has 0 amide bonds. The molecule has 2 atom stereocenters. The second-order valence-electron chi connectivity index (χ2n) is 2.55. The largest absolute Gasteiger partial charge is 0.330 e. The molecule has 1 saturated carbocycles. The summed E-state index contributed by atoms with van der Waals surface area (Å²) in [5.41, 5.74) is 5.42. The van der Waals surface area contributed by atoms with Crippen molar-refractivity contribution in [3.05, 3.63) is 0 Å². The van der Waals surface area contributed by atoms with Crippen molar-refractivity contribution in [3.63, 3.8) is 0 Å². The standard InChI is InChI=1S/C6H13N/c1-5-2-3-6(5)4-7/h5-6H,2-4,7H2,1H3/t5-,6?/m1/s1. The van der Waals surface area contributed by atoms with Gasteiger partial charge in [-0.2, -0.15) is 0 Å². The molecule has 1 fully saturated rings. The maximum Gasteiger partial charge on any atom is -0.00463 e. The molecule has 1 unspecified atom stereocenters. The Morgan fingerprint density at radius 2 is 2.29 bits per heavy atom. The highest BCUT2D eigenvalue weighted by Crippen LogP contribution is 2.31. The smallest absolute Gasteiger partial charge is 0.00463 e. The van der Waals surface area contributed by atoms with Crippen LogP contribution in [0.1, 0.15) is 19.8 Å². The Bertz CT molecular complexity index is 59.2. The maximum absolute atomic E-state index is 5.42. The van der Waals surface area contributed by atoms with Crippen LogP contribution in [-0.4, -0.2) is 6.54 Å². The molecule has 0 heterocycles. The number of rotatable bonds is 1. The van der Waals surface area contributed by atoms with Crippen molar-refractivity contribution in [2.45, 2.75) is 19.8 Å². The van der Waals surface area contributed by atoms with Crippen LogP contribution in [0.4, 0.5) is 0 Å². The van der Waals surface area contributed by atoms with Crippen LogP contribution in [0.3, 0.4) is 0 Å². The molecule has 0 aliphatic heterocycles. The van der Waals surface area contributed by atoms with Gasteiger partial charge in [-0.15, -0.1) is 0 Å². The summed E-state index contributed by atoms with van der Waals surface area (Å²) in [6.45, 7) is 3.18. The molecule has 0 aromatic heterocycles. The Balaban J connectivity index is 2.16. The molecule has 0 saturated heterocycles. The third kappa shape index (κ3) is 0.778. The van der Waals surface area contributed by atoms with Gasteiger partial charge in [-0.3, -0.25) is 0 Å². The zero-order chi connectivity index (χ0) is 5.28. The molecule has 1 aliphatic carbocycles. The van der Waals surface area contributed by atoms with Gasteiger partial charge < -0.3 is 5.73 Å². The Labute approximate surface area is 44.9 Å². The molecule has 0 spiro atoms. The first-order valence-corrected chi connectivity index (χ1v) is 3.04. The quantitative estimate of drug-likeness (QED) is 0.521. The van der Waals surface area contributed by atoms with Crippen LogP contribution < -0.4 is 5.73 Å². The molecule has 1 rings (SSSR count). The van der Waals surface area contributed by atoms with Crippen LogP contribution in [0.25, 0.3) is 0 Å². The normalized spacial score (nSPS) is 40.3. The fraction of sp³-hybridized carbons (Fsp3) is 1.00. The lowest BCUT2D eigenvalue weighted by Gasteiger charge is -2.32. The lowest BCUT2D eigenvalue weighted by Crippen LogP contribution is -2.29. The summed E-state index contributed by atoms with van der Waals surface area (Å²) in [6, 6.07) is 0. The van der Waals surface area contributed by atoms with Gasteiger partial charge in [0.05, 0.1) is 0 Å². The SMILES string of the molecule is C[C@@H]1CCC1CN. The fourth-order valence-electron chi connectivity index (χ4n) is 1.09. The van der Waals surface area contributed by atoms with Crippen LogP contribution in [0.2, 0.25) is 0 Å². The highest BCUT2D eigenvalue weighted by Gasteiger charge is 2.24. The summed E-state index contributed by atoms with van der Waals surface area (Å²) in [5.74, 6) is 1.78. The Hall–Kier alpha value is -0.0400. The Morgan fingerprint density at radius 3 is 2.29 bits per heavy atom. The number of hydrogen-bond acceptors (Lipinski definition) is 1. The van der Waals surface area contributed by atoms with Crippen LogP contribution >= 0.6 is 0 Å². The summed E-state index contributed by atoms with van der Waals surface area (Å²) in [5, 5.41) is 0. The third-order valence-corrected chi connectivity index (χ3v) is 2.10. The molecule has 1 aliphatic rings. The van der Waals surface area contributed by atoms with Crippen molar-refractivity contribution in [2.75, 3.05) is 6.54 Å². The van der Waals surface area contributed by atoms with E-state index in [4.69, 9.17) is 5.73 Å². The van der Waals surface area contributed by atoms with Crippen LogP contribution in [0.5, 0.6) is 0 Å². The maximum atomic E-state index is 5.42. The average Bonchev–Trinajstić information content (AvgIpc) is 1.65. The van der Waals surface area contributed by atoms with E-state index in [2.05, 4.69) is 6.92 Å². The van der Waals surface area contributed by atoms with Crippen molar-refractivity contribution in [1.82, 2.24) is 0 Å². The monoisotopic (exact) mass is 99.1 g/mol. The molecule has 2 N–H and O–H groups in total. The molecule has 0 aromatic carbocycles. The third-order valence-electron chi connectivity index (χ3n) is 2.10. The molecule has 0 bridgehead atoms. The van der Waals surface area contributed by atoms with Crippen molar-refractivity contribution in [1.29, 1.82) is 0 Å². The second-order valence-corrected chi connectivity index (χ2v) is 2.55. The summed E-state index contributed by atoms with van der Waals surface area (Å²) >= 11 is 0. The molecular weight excluding hydrogens is 86.1 g/mol. The van der Waals surface area contributed by atoms with E-state index in [1.165, 1.54) is 12.8 Å². The Morgan fingerprint density at radius 1 is 1.57 bits per heavy atom. The topological polar surface area (TPSA) is 26.0 Å². The van der Waals surface area contributed by atoms with Crippen LogP contribution in [-0.2, 0) is 0 Å². The van der Waals surface area contributed by atoms with E-state index in [1.54, 1.807) is 0 Å². The molecule has 1 heteroatoms. The van der Waals surface area contributed by atoms with Gasteiger partial charge >= 0.3 is 0 Å². The zero-order valence-corrected chi connectivity index (χ0v) is 4.85. The highest BCUT2D eigenvalue weighted by molar-refractivity contribution is 4.77. The van der Waals surface area contributed by atoms with Gasteiger partial charge in [0.2, 0.25) is 0 Å². The van der Waals surface area contributed by atoms with Crippen molar-refractivity contribution in [2.24, 2.45) is 17.6 Å². The second kappa shape index (κ2) is 1.83. The average molecular weight is 99.2 g/mol. The van der Waals surface area contributed by atoms with E-state index in [0.29, 0.717) is 0 Å². The van der Waals surface area contributed by atoms with Gasteiger partial charge in [-0.25, -0.2) is 0 Å². The minimum Gasteiger partial charge on any atom is -0.330 e. The van der Waals surface area contributed by atoms with Gasteiger partial charge in [0.25, 0.3) is 0 Å². The first kappa shape index (κ1) is 5.10. The molecule has 0 radical (unpaired) electrons. The predicted octanol–water partition coefficient (Wildman–Crippen LogP) is 0.991. The summed E-state index contributed by atoms with van der Waals surface area (Å²) in [4.78, 5) is 0. The number of hydrogen-bond donors (Lipinski definition) is 1. The summed E-state index contributed by atoms with van der Waals surface area (Å²) in [6.07, 6.45) is 2.78. The van der Waals surface area contributed by atoms with Crippen LogP contribution in [0, 0.1) is 11.8 Å². The van der Waals surface area contributed by atoms with Gasteiger partial charge in [0, 0.05) is 0 Å². The van der Waals surface area contributed by atoms with Gasteiger partial charge in [-0.05, 0) is 24.8 Å². The minimum absolute atomic E-state index is 0.861. The van der Waals surface area contributed by atoms with Crippen LogP contribution in [0.15, 0.2) is 0 Å². The molecule has 1 nitrogen and oxygen atoms in total. The first-order chi connectivity index (χ1) is 3.34. The lowest BCUT2D eigenvalue weighted by atomic mass is 9.75. The number of nitrogens with two attached hydrogens (primary N) is 1. The van der Waals surface area contributed by atoms with E-state index < -0.39 is 0 Å². The van der Waals surface area contributed by atoms with E-state index in [1.807, 2.05) is 0 Å². The van der Waals surface area contributed by atoms with E-state index in [0.717, 1.165) is 18.4 Å². The van der Waals surface area contributed by atoms with Gasteiger partial charge in [0.15, 0.2) is 0 Å². The van der Waals surface area contributed by atoms with E-state index in [-0.39, 0.29) is 0 Å². The summed E-state index contributed by atoms with van der Waals surface area (Å²) < 4.78 is 0. The fourth-order valence-corrected chi connectivity index (χ4v) is 1.09. The van der Waals surface area contributed by atoms with Crippen molar-refractivity contribution >= 4 is 0 Å². The predicted molar refractivity (Wildman–Crippen MR) is 30.9 cm³/mol. The van der Waals surface area contributed by atoms with Crippen molar-refractivity contribution in [3.8, 4) is 0 Å².